The van der Waals surface area contributed by atoms with Crippen LogP contribution in [0.3, 0.4) is 0 Å². The fraction of sp³-hybridized carbons (Fsp3) is 0.323. The quantitative estimate of drug-likeness (QED) is 0.291. The lowest BCUT2D eigenvalue weighted by Gasteiger charge is -2.40. The van der Waals surface area contributed by atoms with Crippen LogP contribution in [0, 0.1) is 6.92 Å². The summed E-state index contributed by atoms with van der Waals surface area (Å²) < 4.78 is 6.47. The number of hydrogen-bond donors (Lipinski definition) is 3. The van der Waals surface area contributed by atoms with Crippen molar-refractivity contribution in [3.8, 4) is 0 Å². The lowest BCUT2D eigenvalue weighted by atomic mass is 9.74. The monoisotopic (exact) mass is 498 g/mol. The number of hydrogen-bond acceptors (Lipinski definition) is 6. The molecule has 0 aliphatic carbocycles. The standard InChI is InChI=1S/C31H34N2O4/c1-20-17-24(21(2)32-26-12-8-7-11-23(26)30(35)36)29-25(18-20)27(34)19-28(37-29)33-15-13-31(3,14-16-33)22-9-5-4-6-10-22/h4-12,17-19,21,30,32,35-36H,13-16H2,1-3H3. The first kappa shape index (κ1) is 25.1. The number of fused-ring (bicyclic) bond motifs is 1. The molecule has 1 fully saturated rings. The van der Waals surface area contributed by atoms with E-state index in [4.69, 9.17) is 4.42 Å². The van der Waals surface area contributed by atoms with Crippen molar-refractivity contribution >= 4 is 22.5 Å². The molecule has 0 saturated carbocycles. The van der Waals surface area contributed by atoms with Gasteiger partial charge in [0.1, 0.15) is 5.58 Å². The van der Waals surface area contributed by atoms with E-state index >= 15 is 0 Å². The molecular formula is C31H34N2O4. The molecule has 1 saturated heterocycles. The minimum atomic E-state index is -1.59. The number of para-hydroxylation sites is 1. The second-order valence-corrected chi connectivity index (χ2v) is 10.4. The van der Waals surface area contributed by atoms with Crippen LogP contribution in [0.15, 0.2) is 82.0 Å². The van der Waals surface area contributed by atoms with Crippen LogP contribution >= 0.6 is 0 Å². The minimum absolute atomic E-state index is 0.0593. The number of rotatable bonds is 6. The van der Waals surface area contributed by atoms with E-state index in [2.05, 4.69) is 41.4 Å². The Morgan fingerprint density at radius 1 is 0.946 bits per heavy atom. The van der Waals surface area contributed by atoms with Crippen LogP contribution in [-0.2, 0) is 5.41 Å². The van der Waals surface area contributed by atoms with Crippen molar-refractivity contribution in [3.05, 3.63) is 105 Å². The molecule has 1 atom stereocenters. The Labute approximate surface area is 217 Å². The van der Waals surface area contributed by atoms with E-state index in [9.17, 15) is 15.0 Å². The molecule has 37 heavy (non-hydrogen) atoms. The van der Waals surface area contributed by atoms with Crippen LogP contribution in [-0.4, -0.2) is 23.3 Å². The summed E-state index contributed by atoms with van der Waals surface area (Å²) in [5.74, 6) is 0.594. The highest BCUT2D eigenvalue weighted by atomic mass is 16.5. The van der Waals surface area contributed by atoms with Gasteiger partial charge >= 0.3 is 0 Å². The minimum Gasteiger partial charge on any atom is -0.440 e. The normalized spacial score (nSPS) is 16.2. The lowest BCUT2D eigenvalue weighted by Crippen LogP contribution is -2.41. The topological polar surface area (TPSA) is 85.9 Å². The Morgan fingerprint density at radius 2 is 1.62 bits per heavy atom. The van der Waals surface area contributed by atoms with Crippen LogP contribution < -0.4 is 15.6 Å². The SMILES string of the molecule is Cc1cc(C(C)Nc2ccccc2C(O)O)c2oc(N3CCC(C)(c4ccccc4)CC3)cc(=O)c2c1. The summed E-state index contributed by atoms with van der Waals surface area (Å²) >= 11 is 0. The van der Waals surface area contributed by atoms with Gasteiger partial charge < -0.3 is 24.8 Å². The molecule has 1 aliphatic rings. The first-order valence-electron chi connectivity index (χ1n) is 12.9. The van der Waals surface area contributed by atoms with Crippen molar-refractivity contribution in [3.63, 3.8) is 0 Å². The number of aryl methyl sites for hydroxylation is 1. The molecule has 1 aromatic heterocycles. The number of benzene rings is 3. The number of aliphatic hydroxyl groups is 2. The fourth-order valence-corrected chi connectivity index (χ4v) is 5.41. The summed E-state index contributed by atoms with van der Waals surface area (Å²) in [6, 6.07) is 23.0. The van der Waals surface area contributed by atoms with Crippen molar-refractivity contribution in [2.45, 2.75) is 51.4 Å². The van der Waals surface area contributed by atoms with E-state index in [1.807, 2.05) is 44.2 Å². The third kappa shape index (κ3) is 4.99. The zero-order valence-corrected chi connectivity index (χ0v) is 21.6. The zero-order chi connectivity index (χ0) is 26.2. The molecule has 0 radical (unpaired) electrons. The first-order chi connectivity index (χ1) is 17.7. The van der Waals surface area contributed by atoms with E-state index in [1.54, 1.807) is 18.2 Å². The molecule has 0 bridgehead atoms. The summed E-state index contributed by atoms with van der Waals surface area (Å²) in [6.07, 6.45) is 0.352. The van der Waals surface area contributed by atoms with E-state index in [0.717, 1.165) is 37.1 Å². The molecule has 3 aromatic carbocycles. The number of piperidine rings is 1. The van der Waals surface area contributed by atoms with Crippen molar-refractivity contribution in [2.24, 2.45) is 0 Å². The maximum Gasteiger partial charge on any atom is 0.200 e. The van der Waals surface area contributed by atoms with Gasteiger partial charge in [0.2, 0.25) is 0 Å². The van der Waals surface area contributed by atoms with E-state index in [-0.39, 0.29) is 16.9 Å². The number of anilines is 2. The highest BCUT2D eigenvalue weighted by Crippen LogP contribution is 2.37. The average molecular weight is 499 g/mol. The lowest BCUT2D eigenvalue weighted by molar-refractivity contribution is -0.0419. The number of aliphatic hydroxyl groups excluding tert-OH is 1. The van der Waals surface area contributed by atoms with Gasteiger partial charge in [-0.3, -0.25) is 4.79 Å². The first-order valence-corrected chi connectivity index (χ1v) is 12.9. The van der Waals surface area contributed by atoms with E-state index in [1.165, 1.54) is 5.56 Å². The maximum atomic E-state index is 13.2. The van der Waals surface area contributed by atoms with Gasteiger partial charge in [0.25, 0.3) is 0 Å². The molecule has 1 aliphatic heterocycles. The highest BCUT2D eigenvalue weighted by Gasteiger charge is 2.32. The molecule has 6 heteroatoms. The summed E-state index contributed by atoms with van der Waals surface area (Å²) in [7, 11) is 0. The zero-order valence-electron chi connectivity index (χ0n) is 21.6. The molecule has 0 spiro atoms. The van der Waals surface area contributed by atoms with E-state index < -0.39 is 6.29 Å². The fourth-order valence-electron chi connectivity index (χ4n) is 5.41. The van der Waals surface area contributed by atoms with Crippen LogP contribution in [0.2, 0.25) is 0 Å². The number of nitrogens with one attached hydrogen (secondary N) is 1. The molecule has 6 nitrogen and oxygen atoms in total. The summed E-state index contributed by atoms with van der Waals surface area (Å²) in [5.41, 5.74) is 4.77. The Balaban J connectivity index is 1.47. The van der Waals surface area contributed by atoms with Gasteiger partial charge in [-0.15, -0.1) is 0 Å². The smallest absolute Gasteiger partial charge is 0.200 e. The molecule has 3 N–H and O–H groups in total. The highest BCUT2D eigenvalue weighted by molar-refractivity contribution is 5.82. The molecular weight excluding hydrogens is 464 g/mol. The van der Waals surface area contributed by atoms with Crippen LogP contribution in [0.5, 0.6) is 0 Å². The summed E-state index contributed by atoms with van der Waals surface area (Å²) in [6.45, 7) is 7.86. The maximum absolute atomic E-state index is 13.2. The van der Waals surface area contributed by atoms with Gasteiger partial charge in [-0.1, -0.05) is 61.5 Å². The largest absolute Gasteiger partial charge is 0.440 e. The Hall–Kier alpha value is -3.61. The molecule has 2 heterocycles. The predicted molar refractivity (Wildman–Crippen MR) is 148 cm³/mol. The Morgan fingerprint density at radius 3 is 2.32 bits per heavy atom. The van der Waals surface area contributed by atoms with Gasteiger partial charge in [-0.25, -0.2) is 0 Å². The molecule has 4 aromatic rings. The van der Waals surface area contributed by atoms with Crippen molar-refractivity contribution < 1.29 is 14.6 Å². The number of nitrogens with zero attached hydrogens (tertiary/aromatic N) is 1. The van der Waals surface area contributed by atoms with E-state index in [0.29, 0.717) is 28.1 Å². The summed E-state index contributed by atoms with van der Waals surface area (Å²) in [5, 5.41) is 23.5. The molecule has 1 unspecified atom stereocenters. The van der Waals surface area contributed by atoms with Gasteiger partial charge in [-0.05, 0) is 55.4 Å². The van der Waals surface area contributed by atoms with Crippen molar-refractivity contribution in [2.75, 3.05) is 23.3 Å². The van der Waals surface area contributed by atoms with Gasteiger partial charge in [0, 0.05) is 36.0 Å². The molecule has 0 amide bonds. The van der Waals surface area contributed by atoms with Gasteiger partial charge in [0.05, 0.1) is 11.4 Å². The third-order valence-electron chi connectivity index (χ3n) is 7.72. The average Bonchev–Trinajstić information content (AvgIpc) is 2.89. The Kier molecular flexibility index (Phi) is 6.80. The van der Waals surface area contributed by atoms with Gasteiger partial charge in [-0.2, -0.15) is 0 Å². The second kappa shape index (κ2) is 10.0. The second-order valence-electron chi connectivity index (χ2n) is 10.4. The Bertz CT molecular complexity index is 1450. The van der Waals surface area contributed by atoms with Gasteiger partial charge in [0.15, 0.2) is 17.6 Å². The third-order valence-corrected chi connectivity index (χ3v) is 7.72. The van der Waals surface area contributed by atoms with Crippen LogP contribution in [0.4, 0.5) is 11.6 Å². The van der Waals surface area contributed by atoms with Crippen molar-refractivity contribution in [1.82, 2.24) is 0 Å². The predicted octanol–water partition coefficient (Wildman–Crippen LogP) is 5.82. The summed E-state index contributed by atoms with van der Waals surface area (Å²) in [4.78, 5) is 15.4. The molecule has 192 valence electrons. The van der Waals surface area contributed by atoms with Crippen LogP contribution in [0.25, 0.3) is 11.0 Å². The van der Waals surface area contributed by atoms with Crippen LogP contribution in [0.1, 0.15) is 61.3 Å². The molecule has 5 rings (SSSR count). The van der Waals surface area contributed by atoms with Crippen molar-refractivity contribution in [1.29, 1.82) is 0 Å².